The van der Waals surface area contributed by atoms with E-state index in [4.69, 9.17) is 24.4 Å². The second-order valence-electron chi connectivity index (χ2n) is 6.80. The van der Waals surface area contributed by atoms with Crippen molar-refractivity contribution < 1.29 is 17.1 Å². The summed E-state index contributed by atoms with van der Waals surface area (Å²) in [5.74, 6) is 0. The van der Waals surface area contributed by atoms with Crippen LogP contribution in [0.15, 0.2) is 152 Å². The molecule has 0 atom stereocenters. The molecule has 0 bridgehead atoms. The molecule has 0 saturated carbocycles. The van der Waals surface area contributed by atoms with Crippen LogP contribution in [0.5, 0.6) is 0 Å². The Kier molecular flexibility index (Phi) is 13.7. The molecule has 0 aliphatic heterocycles. The van der Waals surface area contributed by atoms with Gasteiger partial charge in [0.05, 0.1) is 11.4 Å². The molecular weight excluding hydrogens is 543 g/mol. The number of thiocarbonyl (C=S) groups is 2. The quantitative estimate of drug-likeness (QED) is 0.108. The summed E-state index contributed by atoms with van der Waals surface area (Å²) in [7, 11) is 0. The number of benzene rings is 4. The Morgan fingerprint density at radius 3 is 1.24 bits per heavy atom. The molecule has 4 rings (SSSR count). The van der Waals surface area contributed by atoms with Crippen LogP contribution in [-0.2, 0) is 17.1 Å². The second kappa shape index (κ2) is 17.4. The standard InChI is InChI=1S/2C13H11N4S.Mn/c2*18-13(16-14-11-7-3-1-4-8-11)17-15-12-9-5-2-6-10-12;/h2*1-10H,(H,16,18);/q2*-1;+2. The summed E-state index contributed by atoms with van der Waals surface area (Å²) in [6.45, 7) is 0. The van der Waals surface area contributed by atoms with E-state index in [0.29, 0.717) is 0 Å². The molecule has 37 heavy (non-hydrogen) atoms. The summed E-state index contributed by atoms with van der Waals surface area (Å²) in [6, 6.07) is 37.7. The van der Waals surface area contributed by atoms with Gasteiger partial charge in [-0.2, -0.15) is 36.4 Å². The molecule has 185 valence electrons. The zero-order chi connectivity index (χ0) is 25.3. The van der Waals surface area contributed by atoms with Crippen LogP contribution in [0.1, 0.15) is 0 Å². The first-order valence-corrected chi connectivity index (χ1v) is 11.6. The maximum absolute atomic E-state index is 4.99. The summed E-state index contributed by atoms with van der Waals surface area (Å²) in [5, 5.41) is 25.9. The Morgan fingerprint density at radius 1 is 0.541 bits per heavy atom. The van der Waals surface area contributed by atoms with E-state index < -0.39 is 0 Å². The predicted molar refractivity (Wildman–Crippen MR) is 149 cm³/mol. The van der Waals surface area contributed by atoms with Gasteiger partial charge in [-0.1, -0.05) is 36.4 Å². The molecule has 0 saturated heterocycles. The Labute approximate surface area is 235 Å². The van der Waals surface area contributed by atoms with Crippen molar-refractivity contribution in [3.8, 4) is 0 Å². The van der Waals surface area contributed by atoms with Crippen LogP contribution in [0.25, 0.3) is 0 Å². The van der Waals surface area contributed by atoms with Gasteiger partial charge in [0.25, 0.3) is 0 Å². The first kappa shape index (κ1) is 29.2. The van der Waals surface area contributed by atoms with Gasteiger partial charge in [0.2, 0.25) is 10.2 Å². The van der Waals surface area contributed by atoms with Gasteiger partial charge in [-0.25, -0.2) is 10.2 Å². The van der Waals surface area contributed by atoms with Crippen molar-refractivity contribution in [2.45, 2.75) is 0 Å². The van der Waals surface area contributed by atoms with E-state index in [1.165, 1.54) is 0 Å². The SMILES string of the molecule is S=C(N=Nc1ccccc1)NN=c1cc[cH-]cc1.S=C(N=Nc1ccccc1)NN=c1cc[cH-]cc1.[Mn+2]. The summed E-state index contributed by atoms with van der Waals surface area (Å²) < 4.78 is 0. The fraction of sp³-hybridized carbons (Fsp3) is 0. The molecule has 4 aromatic carbocycles. The molecule has 0 aliphatic rings. The van der Waals surface area contributed by atoms with Gasteiger partial charge in [-0.05, 0) is 59.4 Å². The number of hydrogen-bond acceptors (Lipinski definition) is 6. The van der Waals surface area contributed by atoms with Gasteiger partial charge in [0.1, 0.15) is 0 Å². The Hall–Kier alpha value is -4.02. The molecule has 11 heteroatoms. The van der Waals surface area contributed by atoms with Crippen molar-refractivity contribution in [1.29, 1.82) is 0 Å². The predicted octanol–water partition coefficient (Wildman–Crippen LogP) is 5.76. The van der Waals surface area contributed by atoms with Crippen molar-refractivity contribution in [2.75, 3.05) is 0 Å². The Bertz CT molecular complexity index is 1290. The molecule has 0 aliphatic carbocycles. The van der Waals surface area contributed by atoms with Crippen molar-refractivity contribution in [1.82, 2.24) is 10.9 Å². The summed E-state index contributed by atoms with van der Waals surface area (Å²) in [6.07, 6.45) is 0. The Morgan fingerprint density at radius 2 is 0.892 bits per heavy atom. The van der Waals surface area contributed by atoms with Gasteiger partial charge in [0, 0.05) is 0 Å². The van der Waals surface area contributed by atoms with Crippen molar-refractivity contribution in [3.05, 3.63) is 132 Å². The van der Waals surface area contributed by atoms with Crippen molar-refractivity contribution >= 4 is 46.0 Å². The molecule has 2 N–H and O–H groups in total. The molecular formula is C26H22MnN8S2. The fourth-order valence-corrected chi connectivity index (χ4v) is 2.64. The van der Waals surface area contributed by atoms with Crippen LogP contribution in [0.2, 0.25) is 0 Å². The third-order valence-electron chi connectivity index (χ3n) is 4.10. The van der Waals surface area contributed by atoms with E-state index in [2.05, 4.69) is 41.5 Å². The van der Waals surface area contributed by atoms with Gasteiger partial charge in [-0.15, -0.1) is 44.7 Å². The molecule has 0 unspecified atom stereocenters. The van der Waals surface area contributed by atoms with Crippen molar-refractivity contribution in [3.63, 3.8) is 0 Å². The van der Waals surface area contributed by atoms with Gasteiger partial charge < -0.3 is 0 Å². The summed E-state index contributed by atoms with van der Waals surface area (Å²) in [5.41, 5.74) is 6.83. The third-order valence-corrected chi connectivity index (χ3v) is 4.44. The molecule has 1 radical (unpaired) electrons. The van der Waals surface area contributed by atoms with Crippen LogP contribution in [-0.4, -0.2) is 10.2 Å². The molecule has 0 spiro atoms. The van der Waals surface area contributed by atoms with E-state index in [1.807, 2.05) is 121 Å². The van der Waals surface area contributed by atoms with Crippen molar-refractivity contribution in [2.24, 2.45) is 30.7 Å². The number of hydrogen-bond donors (Lipinski definition) is 2. The largest absolute Gasteiger partial charge is 2.00 e. The smallest absolute Gasteiger partial charge is 0.252 e. The third kappa shape index (κ3) is 12.5. The minimum atomic E-state index is 0. The minimum Gasteiger partial charge on any atom is -0.252 e. The van der Waals surface area contributed by atoms with Crippen LogP contribution < -0.4 is 21.6 Å². The topological polar surface area (TPSA) is 98.2 Å². The zero-order valence-corrected chi connectivity index (χ0v) is 22.2. The first-order valence-electron chi connectivity index (χ1n) is 10.7. The van der Waals surface area contributed by atoms with E-state index in [1.54, 1.807) is 0 Å². The normalized spacial score (nSPS) is 9.95. The monoisotopic (exact) mass is 565 g/mol. The molecule has 4 aromatic rings. The number of nitrogens with one attached hydrogen (secondary N) is 2. The molecule has 0 aromatic heterocycles. The summed E-state index contributed by atoms with van der Waals surface area (Å²) >= 11 is 9.97. The molecule has 0 heterocycles. The van der Waals surface area contributed by atoms with E-state index >= 15 is 0 Å². The average molecular weight is 566 g/mol. The maximum Gasteiger partial charge on any atom is 2.00 e. The van der Waals surface area contributed by atoms with Gasteiger partial charge in [0.15, 0.2) is 0 Å². The molecule has 0 fully saturated rings. The van der Waals surface area contributed by atoms with Gasteiger partial charge in [-0.3, -0.25) is 10.9 Å². The number of rotatable bonds is 4. The first-order chi connectivity index (χ1) is 17.7. The van der Waals surface area contributed by atoms with Crippen LogP contribution in [0.3, 0.4) is 0 Å². The number of nitrogens with zero attached hydrogens (tertiary/aromatic N) is 6. The van der Waals surface area contributed by atoms with Crippen LogP contribution >= 0.6 is 24.4 Å². The van der Waals surface area contributed by atoms with E-state index in [0.717, 1.165) is 22.1 Å². The van der Waals surface area contributed by atoms with E-state index in [9.17, 15) is 0 Å². The minimum absolute atomic E-state index is 0. The maximum atomic E-state index is 4.99. The number of para-hydroxylation sites is 2. The fourth-order valence-electron chi connectivity index (χ4n) is 2.47. The zero-order valence-electron chi connectivity index (χ0n) is 19.4. The van der Waals surface area contributed by atoms with Gasteiger partial charge >= 0.3 is 17.1 Å². The van der Waals surface area contributed by atoms with Crippen LogP contribution in [0, 0.1) is 0 Å². The van der Waals surface area contributed by atoms with E-state index in [-0.39, 0.29) is 27.3 Å². The summed E-state index contributed by atoms with van der Waals surface area (Å²) in [4.78, 5) is 0. The molecule has 8 nitrogen and oxygen atoms in total. The second-order valence-corrected chi connectivity index (χ2v) is 7.57. The Balaban J connectivity index is 0.000000253. The average Bonchev–Trinajstić information content (AvgIpc) is 2.95. The number of azo groups is 2. The molecule has 0 amide bonds. The van der Waals surface area contributed by atoms with Crippen LogP contribution in [0.4, 0.5) is 11.4 Å².